The lowest BCUT2D eigenvalue weighted by molar-refractivity contribution is -0.131. The largest absolute Gasteiger partial charge is 0.453 e. The molecule has 0 bridgehead atoms. The second-order valence-electron chi connectivity index (χ2n) is 9.20. The van der Waals surface area contributed by atoms with Crippen molar-refractivity contribution >= 4 is 12.1 Å². The van der Waals surface area contributed by atoms with E-state index < -0.39 is 29.3 Å². The molecular formula is C24H36F2N2O3. The van der Waals surface area contributed by atoms with Gasteiger partial charge in [-0.15, -0.1) is 0 Å². The zero-order chi connectivity index (χ0) is 23.5. The van der Waals surface area contributed by atoms with Crippen LogP contribution < -0.4 is 0 Å². The first kappa shape index (κ1) is 25.2. The molecule has 1 amide bonds. The van der Waals surface area contributed by atoms with Crippen molar-refractivity contribution in [3.63, 3.8) is 0 Å². The van der Waals surface area contributed by atoms with Crippen LogP contribution in [0.5, 0.6) is 0 Å². The van der Waals surface area contributed by atoms with Gasteiger partial charge in [-0.25, -0.2) is 8.78 Å². The normalized spacial score (nSPS) is 23.9. The molecule has 0 saturated heterocycles. The van der Waals surface area contributed by atoms with Gasteiger partial charge in [-0.3, -0.25) is 9.79 Å². The Morgan fingerprint density at radius 2 is 2.00 bits per heavy atom. The summed E-state index contributed by atoms with van der Waals surface area (Å²) in [5.41, 5.74) is 0.916. The van der Waals surface area contributed by atoms with Gasteiger partial charge in [-0.2, -0.15) is 0 Å². The summed E-state index contributed by atoms with van der Waals surface area (Å²) in [6.07, 6.45) is 1.12. The second kappa shape index (κ2) is 10.1. The minimum Gasteiger partial charge on any atom is -0.453 e. The number of hydrogen-bond donors (Lipinski definition) is 1. The van der Waals surface area contributed by atoms with E-state index in [4.69, 9.17) is 4.74 Å². The molecule has 0 aromatic heterocycles. The van der Waals surface area contributed by atoms with Gasteiger partial charge in [0.1, 0.15) is 11.4 Å². The summed E-state index contributed by atoms with van der Waals surface area (Å²) in [6, 6.07) is 0. The number of allylic oxidation sites excluding steroid dienone is 2. The monoisotopic (exact) mass is 438 g/mol. The number of nitrogens with zero attached hydrogens (tertiary/aromatic N) is 2. The number of carbonyl (C=O) groups is 1. The van der Waals surface area contributed by atoms with Gasteiger partial charge < -0.3 is 14.7 Å². The Morgan fingerprint density at radius 1 is 1.35 bits per heavy atom. The van der Waals surface area contributed by atoms with Gasteiger partial charge in [-0.1, -0.05) is 20.8 Å². The second-order valence-corrected chi connectivity index (χ2v) is 9.20. The Bertz CT molecular complexity index is 819. The molecule has 0 aromatic carbocycles. The summed E-state index contributed by atoms with van der Waals surface area (Å²) in [6.45, 7) is 12.9. The Labute approximate surface area is 184 Å². The molecular weight excluding hydrogens is 402 g/mol. The molecule has 2 rings (SSSR count). The van der Waals surface area contributed by atoms with Gasteiger partial charge in [0.15, 0.2) is 5.76 Å². The number of aliphatic hydroxyl groups is 1. The molecule has 5 nitrogen and oxygen atoms in total. The fraction of sp³-hybridized carbons (Fsp3) is 0.667. The first-order chi connectivity index (χ1) is 14.4. The van der Waals surface area contributed by atoms with Crippen LogP contribution in [0, 0.1) is 11.8 Å². The first-order valence-electron chi connectivity index (χ1n) is 11.0. The minimum atomic E-state index is -2.85. The highest BCUT2D eigenvalue weighted by atomic mass is 19.3. The van der Waals surface area contributed by atoms with E-state index in [0.717, 1.165) is 12.1 Å². The highest BCUT2D eigenvalue weighted by molar-refractivity contribution is 5.93. The maximum atomic E-state index is 13.6. The van der Waals surface area contributed by atoms with Crippen molar-refractivity contribution in [2.45, 2.75) is 79.8 Å². The smallest absolute Gasteiger partial charge is 0.290 e. The Morgan fingerprint density at radius 3 is 2.55 bits per heavy atom. The van der Waals surface area contributed by atoms with Crippen LogP contribution >= 0.6 is 0 Å². The van der Waals surface area contributed by atoms with Crippen LogP contribution in [-0.4, -0.2) is 47.2 Å². The van der Waals surface area contributed by atoms with Crippen molar-refractivity contribution < 1.29 is 23.4 Å². The Hall–Kier alpha value is -2.02. The third kappa shape index (κ3) is 5.82. The van der Waals surface area contributed by atoms with Crippen LogP contribution in [0.15, 0.2) is 38.9 Å². The maximum absolute atomic E-state index is 13.6. The molecule has 174 valence electrons. The zero-order valence-electron chi connectivity index (χ0n) is 19.8. The van der Waals surface area contributed by atoms with E-state index in [-0.39, 0.29) is 12.3 Å². The summed E-state index contributed by atoms with van der Waals surface area (Å²) >= 11 is 0. The summed E-state index contributed by atoms with van der Waals surface area (Å²) in [5.74, 6) is -0.0565. The van der Waals surface area contributed by atoms with Crippen LogP contribution in [0.25, 0.3) is 0 Å². The lowest BCUT2D eigenvalue weighted by atomic mass is 9.83. The van der Waals surface area contributed by atoms with Gasteiger partial charge in [0.05, 0.1) is 12.2 Å². The molecule has 7 heteroatoms. The van der Waals surface area contributed by atoms with E-state index in [9.17, 15) is 18.7 Å². The average Bonchev–Trinajstić information content (AvgIpc) is 2.84. The van der Waals surface area contributed by atoms with Crippen LogP contribution in [0.1, 0.15) is 67.7 Å². The predicted octanol–water partition coefficient (Wildman–Crippen LogP) is 5.23. The van der Waals surface area contributed by atoms with E-state index in [0.29, 0.717) is 36.8 Å². The standard InChI is InChI=1S/C24H36F2N2O3/c1-8-14(2)21(24(6,7)30)31-20(17(5)22(25)26)23(29)28-12-10-18-16(4)15(3)9-11-27-19(18)13-28/h11,15-16,22,30H,8-10,12-13H2,1-7H3/b20-17+,21-14-/t15?,16-/m0/s1. The van der Waals surface area contributed by atoms with E-state index >= 15 is 0 Å². The average molecular weight is 439 g/mol. The summed E-state index contributed by atoms with van der Waals surface area (Å²) in [4.78, 5) is 19.4. The summed E-state index contributed by atoms with van der Waals surface area (Å²) in [5, 5.41) is 10.5. The molecule has 2 aliphatic heterocycles. The fourth-order valence-corrected chi connectivity index (χ4v) is 3.96. The molecule has 0 aliphatic carbocycles. The predicted molar refractivity (Wildman–Crippen MR) is 119 cm³/mol. The van der Waals surface area contributed by atoms with E-state index in [1.165, 1.54) is 31.2 Å². The number of halogens is 2. The molecule has 31 heavy (non-hydrogen) atoms. The molecule has 0 saturated carbocycles. The van der Waals surface area contributed by atoms with Crippen LogP contribution in [-0.2, 0) is 9.53 Å². The summed E-state index contributed by atoms with van der Waals surface area (Å²) < 4.78 is 33.1. The lowest BCUT2D eigenvalue weighted by Crippen LogP contribution is -2.40. The molecule has 0 fully saturated rings. The Balaban J connectivity index is 2.40. The molecule has 2 heterocycles. The van der Waals surface area contributed by atoms with Gasteiger partial charge in [0, 0.05) is 18.3 Å². The number of amides is 1. The number of ether oxygens (including phenoxy) is 1. The topological polar surface area (TPSA) is 62.1 Å². The SMILES string of the molecule is CC/C(C)=C(\O/C(C(=O)N1CCC2=C(C1)N=CCC(C)[C@@H]2C)=C(\C)C(F)F)C(C)(C)O. The van der Waals surface area contributed by atoms with E-state index in [1.807, 2.05) is 13.1 Å². The summed E-state index contributed by atoms with van der Waals surface area (Å²) in [7, 11) is 0. The molecule has 1 N–H and O–H groups in total. The molecule has 0 aromatic rings. The molecule has 1 unspecified atom stereocenters. The van der Waals surface area contributed by atoms with Crippen molar-refractivity contribution in [3.05, 3.63) is 33.9 Å². The van der Waals surface area contributed by atoms with E-state index in [1.54, 1.807) is 6.92 Å². The third-order valence-electron chi connectivity index (χ3n) is 6.33. The highest BCUT2D eigenvalue weighted by Crippen LogP contribution is 2.35. The van der Waals surface area contributed by atoms with Crippen molar-refractivity contribution in [1.82, 2.24) is 4.90 Å². The van der Waals surface area contributed by atoms with Crippen molar-refractivity contribution in [2.24, 2.45) is 16.8 Å². The zero-order valence-corrected chi connectivity index (χ0v) is 19.8. The minimum absolute atomic E-state index is 0.130. The Kier molecular flexibility index (Phi) is 8.20. The van der Waals surface area contributed by atoms with Crippen LogP contribution in [0.2, 0.25) is 0 Å². The molecule has 2 atom stereocenters. The highest BCUT2D eigenvalue weighted by Gasteiger charge is 2.34. The molecule has 2 aliphatic rings. The van der Waals surface area contributed by atoms with Gasteiger partial charge in [0.2, 0.25) is 0 Å². The van der Waals surface area contributed by atoms with Crippen LogP contribution in [0.4, 0.5) is 8.78 Å². The first-order valence-corrected chi connectivity index (χ1v) is 11.0. The van der Waals surface area contributed by atoms with Crippen LogP contribution in [0.3, 0.4) is 0 Å². The molecule has 0 radical (unpaired) electrons. The number of hydrogen-bond acceptors (Lipinski definition) is 4. The third-order valence-corrected chi connectivity index (χ3v) is 6.33. The maximum Gasteiger partial charge on any atom is 0.290 e. The quantitative estimate of drug-likeness (QED) is 0.456. The van der Waals surface area contributed by atoms with Gasteiger partial charge in [-0.05, 0) is 69.9 Å². The lowest BCUT2D eigenvalue weighted by Gasteiger charge is -2.33. The molecule has 0 spiro atoms. The number of alkyl halides is 2. The number of aliphatic imine (C=N–C) groups is 1. The van der Waals surface area contributed by atoms with Gasteiger partial charge in [0.25, 0.3) is 12.3 Å². The number of carbonyl (C=O) groups excluding carboxylic acids is 1. The fourth-order valence-electron chi connectivity index (χ4n) is 3.96. The van der Waals surface area contributed by atoms with Crippen molar-refractivity contribution in [3.8, 4) is 0 Å². The number of rotatable bonds is 6. The van der Waals surface area contributed by atoms with Crippen molar-refractivity contribution in [2.75, 3.05) is 13.1 Å². The van der Waals surface area contributed by atoms with Gasteiger partial charge >= 0.3 is 0 Å². The van der Waals surface area contributed by atoms with Crippen molar-refractivity contribution in [1.29, 1.82) is 0 Å². The van der Waals surface area contributed by atoms with E-state index in [2.05, 4.69) is 18.8 Å².